The topological polar surface area (TPSA) is 75.7 Å². The van der Waals surface area contributed by atoms with Crippen molar-refractivity contribution in [3.63, 3.8) is 0 Å². The molecule has 1 unspecified atom stereocenters. The minimum atomic E-state index is -4.02. The number of fused-ring (bicyclic) bond motifs is 1. The quantitative estimate of drug-likeness (QED) is 0.462. The van der Waals surface area contributed by atoms with Crippen LogP contribution in [0.2, 0.25) is 5.02 Å². The van der Waals surface area contributed by atoms with Crippen LogP contribution in [0.3, 0.4) is 0 Å². The minimum absolute atomic E-state index is 0.116. The van der Waals surface area contributed by atoms with Gasteiger partial charge in [0.25, 0.3) is 10.0 Å². The number of amides is 1. The van der Waals surface area contributed by atoms with Gasteiger partial charge in [-0.1, -0.05) is 41.4 Å². The molecule has 0 aromatic heterocycles. The Kier molecular flexibility index (Phi) is 7.38. The summed E-state index contributed by atoms with van der Waals surface area (Å²) < 4.78 is 33.9. The van der Waals surface area contributed by atoms with Crippen LogP contribution in [0.4, 0.5) is 5.69 Å². The van der Waals surface area contributed by atoms with Gasteiger partial charge < -0.3 is 10.1 Å². The Labute approximate surface area is 211 Å². The fraction of sp³-hybridized carbons (Fsp3) is 0.296. The first-order valence-electron chi connectivity index (χ1n) is 11.5. The Hall–Kier alpha value is -3.03. The molecule has 1 atom stereocenters. The van der Waals surface area contributed by atoms with E-state index in [1.165, 1.54) is 0 Å². The summed E-state index contributed by atoms with van der Waals surface area (Å²) in [6.07, 6.45) is 2.62. The van der Waals surface area contributed by atoms with Gasteiger partial charge in [-0.25, -0.2) is 8.42 Å². The second-order valence-electron chi connectivity index (χ2n) is 8.79. The van der Waals surface area contributed by atoms with Crippen molar-refractivity contribution in [1.82, 2.24) is 5.32 Å². The molecule has 0 spiro atoms. The summed E-state index contributed by atoms with van der Waals surface area (Å²) in [6.45, 7) is 3.28. The van der Waals surface area contributed by atoms with Gasteiger partial charge in [0, 0.05) is 5.02 Å². The molecule has 6 nitrogen and oxygen atoms in total. The van der Waals surface area contributed by atoms with Crippen LogP contribution < -0.4 is 14.4 Å². The molecule has 0 fully saturated rings. The summed E-state index contributed by atoms with van der Waals surface area (Å²) in [7, 11) is -2.39. The number of rotatable bonds is 7. The van der Waals surface area contributed by atoms with E-state index in [0.29, 0.717) is 16.3 Å². The first-order chi connectivity index (χ1) is 16.7. The Morgan fingerprint density at radius 2 is 1.86 bits per heavy atom. The molecule has 184 valence electrons. The molecule has 1 amide bonds. The maximum Gasteiger partial charge on any atom is 0.264 e. The Balaban J connectivity index is 1.65. The maximum absolute atomic E-state index is 13.7. The molecule has 3 aromatic rings. The molecule has 1 aliphatic carbocycles. The second-order valence-corrected chi connectivity index (χ2v) is 11.1. The third kappa shape index (κ3) is 5.31. The van der Waals surface area contributed by atoms with Gasteiger partial charge in [0.05, 0.1) is 23.7 Å². The monoisotopic (exact) mass is 512 g/mol. The zero-order valence-corrected chi connectivity index (χ0v) is 21.6. The van der Waals surface area contributed by atoms with Gasteiger partial charge in [0.15, 0.2) is 0 Å². The molecule has 35 heavy (non-hydrogen) atoms. The number of anilines is 1. The number of benzene rings is 3. The Morgan fingerprint density at radius 3 is 2.57 bits per heavy atom. The van der Waals surface area contributed by atoms with E-state index in [2.05, 4.69) is 5.32 Å². The third-order valence-electron chi connectivity index (χ3n) is 6.40. The van der Waals surface area contributed by atoms with Crippen molar-refractivity contribution in [1.29, 1.82) is 0 Å². The van der Waals surface area contributed by atoms with Crippen LogP contribution in [0, 0.1) is 13.8 Å². The van der Waals surface area contributed by atoms with Gasteiger partial charge in [0.2, 0.25) is 5.91 Å². The number of sulfonamides is 1. The molecule has 0 aliphatic heterocycles. The van der Waals surface area contributed by atoms with Gasteiger partial charge in [-0.15, -0.1) is 0 Å². The zero-order valence-electron chi connectivity index (χ0n) is 20.0. The number of hydrogen-bond donors (Lipinski definition) is 1. The lowest BCUT2D eigenvalue weighted by Crippen LogP contribution is -2.42. The molecule has 3 aromatic carbocycles. The fourth-order valence-electron chi connectivity index (χ4n) is 4.44. The van der Waals surface area contributed by atoms with E-state index in [1.54, 1.807) is 56.5 Å². The normalized spacial score (nSPS) is 15.3. The first-order valence-corrected chi connectivity index (χ1v) is 13.3. The average molecular weight is 513 g/mol. The maximum atomic E-state index is 13.7. The predicted molar refractivity (Wildman–Crippen MR) is 139 cm³/mol. The van der Waals surface area contributed by atoms with Crippen molar-refractivity contribution in [2.45, 2.75) is 44.0 Å². The van der Waals surface area contributed by atoms with Gasteiger partial charge in [-0.2, -0.15) is 0 Å². The van der Waals surface area contributed by atoms with Crippen LogP contribution in [0.15, 0.2) is 65.6 Å². The minimum Gasteiger partial charge on any atom is -0.497 e. The molecular weight excluding hydrogens is 484 g/mol. The third-order valence-corrected chi connectivity index (χ3v) is 8.59. The molecule has 1 aliphatic rings. The molecule has 4 rings (SSSR count). The second kappa shape index (κ2) is 10.3. The molecule has 1 N–H and O–H groups in total. The summed E-state index contributed by atoms with van der Waals surface area (Å²) in [5, 5.41) is 3.49. The SMILES string of the molecule is COc1ccc2c(c1)CCCC2NC(=O)CN(c1cccc(Cl)c1C)S(=O)(=O)c1ccc(C)cc1. The van der Waals surface area contributed by atoms with Crippen molar-refractivity contribution in [2.75, 3.05) is 18.0 Å². The molecule has 8 heteroatoms. The highest BCUT2D eigenvalue weighted by Gasteiger charge is 2.30. The number of halogens is 1. The predicted octanol–water partition coefficient (Wildman–Crippen LogP) is 5.35. The number of nitrogens with one attached hydrogen (secondary N) is 1. The van der Waals surface area contributed by atoms with Crippen LogP contribution in [0.5, 0.6) is 5.75 Å². The summed E-state index contributed by atoms with van der Waals surface area (Å²) in [5.74, 6) is 0.399. The number of hydrogen-bond acceptors (Lipinski definition) is 4. The number of aryl methyl sites for hydroxylation is 2. The summed E-state index contributed by atoms with van der Waals surface area (Å²) in [4.78, 5) is 13.4. The molecule has 0 radical (unpaired) electrons. The van der Waals surface area contributed by atoms with Gasteiger partial charge >= 0.3 is 0 Å². The van der Waals surface area contributed by atoms with E-state index in [4.69, 9.17) is 16.3 Å². The number of nitrogens with zero attached hydrogens (tertiary/aromatic N) is 1. The highest BCUT2D eigenvalue weighted by Crippen LogP contribution is 2.33. The lowest BCUT2D eigenvalue weighted by atomic mass is 9.87. The van der Waals surface area contributed by atoms with Crippen LogP contribution in [0.1, 0.15) is 41.1 Å². The number of carbonyl (C=O) groups is 1. The number of methoxy groups -OCH3 is 1. The molecular formula is C27H29ClN2O4S. The summed E-state index contributed by atoms with van der Waals surface area (Å²) in [5.41, 5.74) is 4.09. The standard InChI is InChI=1S/C27H29ClN2O4S/c1-18-10-13-22(14-11-18)35(32,33)30(26-9-5-7-24(28)19(26)2)17-27(31)29-25-8-4-6-20-16-21(34-3)12-15-23(20)25/h5,7,9-16,25H,4,6,8,17H2,1-3H3,(H,29,31). The van der Waals surface area contributed by atoms with E-state index >= 15 is 0 Å². The van der Waals surface area contributed by atoms with Crippen LogP contribution >= 0.6 is 11.6 Å². The Morgan fingerprint density at radius 1 is 1.11 bits per heavy atom. The van der Waals surface area contributed by atoms with Crippen LogP contribution in [-0.4, -0.2) is 28.0 Å². The first kappa shape index (κ1) is 25.1. The molecule has 0 bridgehead atoms. The van der Waals surface area contributed by atoms with E-state index in [9.17, 15) is 13.2 Å². The van der Waals surface area contributed by atoms with Gasteiger partial charge in [0.1, 0.15) is 12.3 Å². The zero-order chi connectivity index (χ0) is 25.2. The average Bonchev–Trinajstić information content (AvgIpc) is 2.84. The summed E-state index contributed by atoms with van der Waals surface area (Å²) >= 11 is 6.32. The van der Waals surface area contributed by atoms with Crippen LogP contribution in [-0.2, 0) is 21.2 Å². The van der Waals surface area contributed by atoms with Gasteiger partial charge in [-0.05, 0) is 86.2 Å². The Bertz CT molecular complexity index is 1340. The lowest BCUT2D eigenvalue weighted by molar-refractivity contribution is -0.120. The van der Waals surface area contributed by atoms with Crippen molar-refractivity contribution < 1.29 is 17.9 Å². The molecule has 0 saturated heterocycles. The molecule has 0 heterocycles. The fourth-order valence-corrected chi connectivity index (χ4v) is 6.09. The highest BCUT2D eigenvalue weighted by molar-refractivity contribution is 7.92. The molecule has 0 saturated carbocycles. The number of carbonyl (C=O) groups excluding carboxylic acids is 1. The van der Waals surface area contributed by atoms with E-state index in [1.807, 2.05) is 25.1 Å². The number of ether oxygens (including phenoxy) is 1. The summed E-state index contributed by atoms with van der Waals surface area (Å²) in [6, 6.07) is 17.3. The van der Waals surface area contributed by atoms with Crippen molar-refractivity contribution in [3.05, 3.63) is 87.9 Å². The lowest BCUT2D eigenvalue weighted by Gasteiger charge is -2.29. The van der Waals surface area contributed by atoms with E-state index < -0.39 is 10.0 Å². The van der Waals surface area contributed by atoms with Crippen molar-refractivity contribution in [2.24, 2.45) is 0 Å². The highest BCUT2D eigenvalue weighted by atomic mass is 35.5. The smallest absolute Gasteiger partial charge is 0.264 e. The largest absolute Gasteiger partial charge is 0.497 e. The van der Waals surface area contributed by atoms with E-state index in [-0.39, 0.29) is 23.4 Å². The van der Waals surface area contributed by atoms with Crippen molar-refractivity contribution in [3.8, 4) is 5.75 Å². The van der Waals surface area contributed by atoms with Crippen molar-refractivity contribution >= 4 is 33.2 Å². The van der Waals surface area contributed by atoms with Crippen LogP contribution in [0.25, 0.3) is 0 Å². The van der Waals surface area contributed by atoms with Gasteiger partial charge in [-0.3, -0.25) is 9.10 Å². The van der Waals surface area contributed by atoms with E-state index in [0.717, 1.165) is 46.0 Å².